The lowest BCUT2D eigenvalue weighted by Crippen LogP contribution is -2.14. The zero-order chi connectivity index (χ0) is 10.3. The highest BCUT2D eigenvalue weighted by Crippen LogP contribution is 2.03. The number of ether oxygens (including phenoxy) is 1. The van der Waals surface area contributed by atoms with Crippen LogP contribution in [0.5, 0.6) is 0 Å². The lowest BCUT2D eigenvalue weighted by atomic mass is 10.1. The maximum atomic E-state index is 5.25. The van der Waals surface area contributed by atoms with Crippen molar-refractivity contribution in [3.63, 3.8) is 0 Å². The lowest BCUT2D eigenvalue weighted by molar-refractivity contribution is 0.107. The van der Waals surface area contributed by atoms with Crippen molar-refractivity contribution in [2.75, 3.05) is 13.7 Å². The summed E-state index contributed by atoms with van der Waals surface area (Å²) in [6, 6.07) is 0. The van der Waals surface area contributed by atoms with Crippen molar-refractivity contribution in [2.45, 2.75) is 46.6 Å². The van der Waals surface area contributed by atoms with E-state index in [0.29, 0.717) is 12.0 Å². The third kappa shape index (κ3) is 6.76. The highest BCUT2D eigenvalue weighted by Gasteiger charge is 2.03. The molecule has 0 aliphatic heterocycles. The summed E-state index contributed by atoms with van der Waals surface area (Å²) in [5, 5.41) is 0. The van der Waals surface area contributed by atoms with E-state index < -0.39 is 0 Å². The number of methoxy groups -OCH3 is 1. The molecule has 2 nitrogen and oxygen atoms in total. The fraction of sp³-hybridized carbons (Fsp3) is 0.909. The molecule has 2 heteroatoms. The average molecular weight is 185 g/mol. The molecule has 0 amide bonds. The van der Waals surface area contributed by atoms with Gasteiger partial charge in [-0.2, -0.15) is 0 Å². The van der Waals surface area contributed by atoms with Gasteiger partial charge in [0, 0.05) is 12.8 Å². The molecule has 0 aliphatic rings. The molecular weight excluding hydrogens is 162 g/mol. The van der Waals surface area contributed by atoms with E-state index >= 15 is 0 Å². The minimum atomic E-state index is 0.294. The summed E-state index contributed by atoms with van der Waals surface area (Å²) in [5.74, 6) is 0.700. The lowest BCUT2D eigenvalue weighted by Gasteiger charge is -2.10. The van der Waals surface area contributed by atoms with Crippen molar-refractivity contribution in [3.8, 4) is 0 Å². The van der Waals surface area contributed by atoms with Crippen LogP contribution in [0.4, 0.5) is 0 Å². The van der Waals surface area contributed by atoms with Crippen LogP contribution in [-0.2, 0) is 4.74 Å². The monoisotopic (exact) mass is 185 g/mol. The van der Waals surface area contributed by atoms with Crippen molar-refractivity contribution in [2.24, 2.45) is 10.9 Å². The normalized spacial score (nSPS) is 15.1. The molecule has 0 aliphatic carbocycles. The van der Waals surface area contributed by atoms with E-state index in [1.54, 1.807) is 7.11 Å². The summed E-state index contributed by atoms with van der Waals surface area (Å²) in [4.78, 5) is 4.50. The van der Waals surface area contributed by atoms with Gasteiger partial charge in [-0.05, 0) is 25.7 Å². The number of aliphatic imine (C=N–C) groups is 1. The molecule has 0 heterocycles. The van der Waals surface area contributed by atoms with Crippen molar-refractivity contribution in [3.05, 3.63) is 0 Å². The molecule has 0 saturated carbocycles. The van der Waals surface area contributed by atoms with Gasteiger partial charge < -0.3 is 4.74 Å². The Bertz CT molecular complexity index is 148. The molecule has 0 rings (SSSR count). The molecule has 0 bridgehead atoms. The van der Waals surface area contributed by atoms with Crippen molar-refractivity contribution >= 4 is 5.71 Å². The number of rotatable bonds is 6. The second-order valence-electron chi connectivity index (χ2n) is 3.94. The maximum absolute atomic E-state index is 5.25. The van der Waals surface area contributed by atoms with Crippen molar-refractivity contribution in [1.82, 2.24) is 0 Å². The minimum Gasteiger partial charge on any atom is -0.380 e. The van der Waals surface area contributed by atoms with Gasteiger partial charge >= 0.3 is 0 Å². The first kappa shape index (κ1) is 12.6. The minimum absolute atomic E-state index is 0.294. The highest BCUT2D eigenvalue weighted by molar-refractivity contribution is 5.82. The quantitative estimate of drug-likeness (QED) is 0.583. The Morgan fingerprint density at radius 3 is 2.38 bits per heavy atom. The van der Waals surface area contributed by atoms with E-state index in [0.717, 1.165) is 19.4 Å². The summed E-state index contributed by atoms with van der Waals surface area (Å²) in [6.07, 6.45) is 2.43. The first-order valence-electron chi connectivity index (χ1n) is 5.12. The van der Waals surface area contributed by atoms with Crippen LogP contribution in [0, 0.1) is 5.92 Å². The second kappa shape index (κ2) is 7.07. The van der Waals surface area contributed by atoms with Crippen molar-refractivity contribution < 1.29 is 4.74 Å². The van der Waals surface area contributed by atoms with Gasteiger partial charge in [-0.15, -0.1) is 0 Å². The standard InChI is InChI=1S/C11H23NO/c1-6-11(13-5)8-12-10(4)7-9(2)3/h9,11H,6-8H2,1-5H3. The Kier molecular flexibility index (Phi) is 6.87. The predicted molar refractivity (Wildman–Crippen MR) is 58.5 cm³/mol. The summed E-state index contributed by atoms with van der Waals surface area (Å²) >= 11 is 0. The topological polar surface area (TPSA) is 21.6 Å². The van der Waals surface area contributed by atoms with E-state index in [1.807, 2.05) is 0 Å². The molecule has 0 radical (unpaired) electrons. The smallest absolute Gasteiger partial charge is 0.0763 e. The van der Waals surface area contributed by atoms with Crippen molar-refractivity contribution in [1.29, 1.82) is 0 Å². The van der Waals surface area contributed by atoms with Crippen LogP contribution in [0.3, 0.4) is 0 Å². The van der Waals surface area contributed by atoms with Crippen LogP contribution >= 0.6 is 0 Å². The van der Waals surface area contributed by atoms with Crippen LogP contribution < -0.4 is 0 Å². The van der Waals surface area contributed by atoms with Crippen LogP contribution in [0.2, 0.25) is 0 Å². The molecule has 0 N–H and O–H groups in total. The molecule has 0 fully saturated rings. The third-order valence-electron chi connectivity index (χ3n) is 2.06. The van der Waals surface area contributed by atoms with Gasteiger partial charge in [0.2, 0.25) is 0 Å². The third-order valence-corrected chi connectivity index (χ3v) is 2.06. The Hall–Kier alpha value is -0.370. The summed E-state index contributed by atoms with van der Waals surface area (Å²) in [5.41, 5.74) is 1.24. The molecule has 1 atom stereocenters. The maximum Gasteiger partial charge on any atom is 0.0763 e. The first-order valence-corrected chi connectivity index (χ1v) is 5.12. The van der Waals surface area contributed by atoms with E-state index in [2.05, 4.69) is 32.7 Å². The largest absolute Gasteiger partial charge is 0.380 e. The molecule has 0 saturated heterocycles. The Morgan fingerprint density at radius 1 is 1.38 bits per heavy atom. The predicted octanol–water partition coefficient (Wildman–Crippen LogP) is 2.92. The second-order valence-corrected chi connectivity index (χ2v) is 3.94. The average Bonchev–Trinajstić information content (AvgIpc) is 2.05. The molecule has 0 aromatic rings. The van der Waals surface area contributed by atoms with Crippen LogP contribution in [0.1, 0.15) is 40.5 Å². The zero-order valence-electron chi connectivity index (χ0n) is 9.63. The van der Waals surface area contributed by atoms with Crippen LogP contribution in [0.25, 0.3) is 0 Å². The zero-order valence-corrected chi connectivity index (χ0v) is 9.63. The van der Waals surface area contributed by atoms with E-state index in [-0.39, 0.29) is 0 Å². The van der Waals surface area contributed by atoms with E-state index in [1.165, 1.54) is 5.71 Å². The molecule has 13 heavy (non-hydrogen) atoms. The van der Waals surface area contributed by atoms with Gasteiger partial charge in [0.15, 0.2) is 0 Å². The molecule has 1 unspecified atom stereocenters. The molecule has 0 spiro atoms. The fourth-order valence-corrected chi connectivity index (χ4v) is 1.28. The Labute approximate surface area is 82.4 Å². The molecule has 0 aromatic heterocycles. The van der Waals surface area contributed by atoms with Gasteiger partial charge in [-0.3, -0.25) is 4.99 Å². The van der Waals surface area contributed by atoms with Gasteiger partial charge in [-0.25, -0.2) is 0 Å². The summed E-state index contributed by atoms with van der Waals surface area (Å²) in [7, 11) is 1.75. The number of nitrogens with zero attached hydrogens (tertiary/aromatic N) is 1. The van der Waals surface area contributed by atoms with Gasteiger partial charge in [-0.1, -0.05) is 20.8 Å². The highest BCUT2D eigenvalue weighted by atomic mass is 16.5. The van der Waals surface area contributed by atoms with E-state index in [4.69, 9.17) is 4.74 Å². The first-order chi connectivity index (χ1) is 6.10. The summed E-state index contributed by atoms with van der Waals surface area (Å²) < 4.78 is 5.25. The Balaban J connectivity index is 3.80. The van der Waals surface area contributed by atoms with Crippen LogP contribution in [0.15, 0.2) is 4.99 Å². The van der Waals surface area contributed by atoms with Gasteiger partial charge in [0.1, 0.15) is 0 Å². The fourth-order valence-electron chi connectivity index (χ4n) is 1.28. The van der Waals surface area contributed by atoms with E-state index in [9.17, 15) is 0 Å². The van der Waals surface area contributed by atoms with Crippen LogP contribution in [-0.4, -0.2) is 25.5 Å². The Morgan fingerprint density at radius 2 is 2.00 bits per heavy atom. The molecule has 0 aromatic carbocycles. The SMILES string of the molecule is CCC(CN=C(C)CC(C)C)OC. The molecular formula is C11H23NO. The number of hydrogen-bond acceptors (Lipinski definition) is 2. The molecule has 78 valence electrons. The van der Waals surface area contributed by atoms with Gasteiger partial charge in [0.05, 0.1) is 12.6 Å². The number of hydrogen-bond donors (Lipinski definition) is 0. The summed E-state index contributed by atoms with van der Waals surface area (Å²) in [6.45, 7) is 9.47. The van der Waals surface area contributed by atoms with Gasteiger partial charge in [0.25, 0.3) is 0 Å².